The van der Waals surface area contributed by atoms with E-state index in [0.29, 0.717) is 6.54 Å². The third-order valence-corrected chi connectivity index (χ3v) is 3.49. The summed E-state index contributed by atoms with van der Waals surface area (Å²) in [6.45, 7) is 3.67. The SMILES string of the molecule is CCc1cc(CN2CCCCC2C(=O)NC)on1. The fourth-order valence-corrected chi connectivity index (χ4v) is 2.44. The Labute approximate surface area is 108 Å². The molecule has 1 aromatic rings. The van der Waals surface area contributed by atoms with Crippen molar-refractivity contribution in [3.8, 4) is 0 Å². The van der Waals surface area contributed by atoms with Crippen LogP contribution in [0, 0.1) is 0 Å². The van der Waals surface area contributed by atoms with Crippen LogP contribution in [0.2, 0.25) is 0 Å². The molecule has 5 heteroatoms. The van der Waals surface area contributed by atoms with E-state index in [1.54, 1.807) is 7.05 Å². The van der Waals surface area contributed by atoms with Gasteiger partial charge in [0.15, 0.2) is 5.76 Å². The maximum absolute atomic E-state index is 11.8. The largest absolute Gasteiger partial charge is 0.360 e. The molecule has 100 valence electrons. The van der Waals surface area contributed by atoms with E-state index in [4.69, 9.17) is 4.52 Å². The van der Waals surface area contributed by atoms with Crippen LogP contribution < -0.4 is 5.32 Å². The fraction of sp³-hybridized carbons (Fsp3) is 0.692. The average Bonchev–Trinajstić information content (AvgIpc) is 2.86. The Morgan fingerprint density at radius 3 is 3.11 bits per heavy atom. The zero-order chi connectivity index (χ0) is 13.0. The predicted octanol–water partition coefficient (Wildman–Crippen LogP) is 1.34. The molecule has 5 nitrogen and oxygen atoms in total. The van der Waals surface area contributed by atoms with Gasteiger partial charge in [0.25, 0.3) is 0 Å². The molecule has 2 heterocycles. The standard InChI is InChI=1S/C13H21N3O2/c1-3-10-8-11(18-15-10)9-16-7-5-4-6-12(16)13(17)14-2/h8,12H,3-7,9H2,1-2H3,(H,14,17). The average molecular weight is 251 g/mol. The zero-order valence-corrected chi connectivity index (χ0v) is 11.1. The van der Waals surface area contributed by atoms with Gasteiger partial charge in [-0.15, -0.1) is 0 Å². The van der Waals surface area contributed by atoms with Crippen molar-refractivity contribution >= 4 is 5.91 Å². The number of aromatic nitrogens is 1. The van der Waals surface area contributed by atoms with Crippen LogP contribution in [0.4, 0.5) is 0 Å². The van der Waals surface area contributed by atoms with Gasteiger partial charge in [-0.25, -0.2) is 0 Å². The first kappa shape index (κ1) is 13.1. The Hall–Kier alpha value is -1.36. The number of piperidine rings is 1. The first-order valence-electron chi connectivity index (χ1n) is 6.64. The van der Waals surface area contributed by atoms with E-state index in [1.165, 1.54) is 0 Å². The van der Waals surface area contributed by atoms with Crippen molar-refractivity contribution in [1.29, 1.82) is 0 Å². The summed E-state index contributed by atoms with van der Waals surface area (Å²) in [6, 6.07) is 1.95. The van der Waals surface area contributed by atoms with E-state index < -0.39 is 0 Å². The lowest BCUT2D eigenvalue weighted by molar-refractivity contribution is -0.127. The second kappa shape index (κ2) is 6.00. The molecular weight excluding hydrogens is 230 g/mol. The Balaban J connectivity index is 2.02. The number of amides is 1. The second-order valence-corrected chi connectivity index (χ2v) is 4.73. The van der Waals surface area contributed by atoms with Crippen LogP contribution >= 0.6 is 0 Å². The van der Waals surface area contributed by atoms with Crippen molar-refractivity contribution in [3.63, 3.8) is 0 Å². The molecule has 0 saturated carbocycles. The molecule has 18 heavy (non-hydrogen) atoms. The monoisotopic (exact) mass is 251 g/mol. The number of hydrogen-bond donors (Lipinski definition) is 1. The lowest BCUT2D eigenvalue weighted by Gasteiger charge is -2.33. The van der Waals surface area contributed by atoms with Gasteiger partial charge in [-0.1, -0.05) is 18.5 Å². The summed E-state index contributed by atoms with van der Waals surface area (Å²) < 4.78 is 5.30. The smallest absolute Gasteiger partial charge is 0.237 e. The highest BCUT2D eigenvalue weighted by molar-refractivity contribution is 5.81. The third kappa shape index (κ3) is 2.90. The maximum Gasteiger partial charge on any atom is 0.237 e. The Kier molecular flexibility index (Phi) is 4.36. The van der Waals surface area contributed by atoms with Gasteiger partial charge >= 0.3 is 0 Å². The highest BCUT2D eigenvalue weighted by atomic mass is 16.5. The Morgan fingerprint density at radius 1 is 1.61 bits per heavy atom. The molecule has 1 atom stereocenters. The van der Waals surface area contributed by atoms with Crippen molar-refractivity contribution in [1.82, 2.24) is 15.4 Å². The molecular formula is C13H21N3O2. The molecule has 1 aromatic heterocycles. The summed E-state index contributed by atoms with van der Waals surface area (Å²) in [5.74, 6) is 0.951. The van der Waals surface area contributed by atoms with E-state index >= 15 is 0 Å². The minimum atomic E-state index is -0.0288. The minimum Gasteiger partial charge on any atom is -0.360 e. The first-order chi connectivity index (χ1) is 8.74. The molecule has 1 fully saturated rings. The number of aryl methyl sites for hydroxylation is 1. The highest BCUT2D eigenvalue weighted by Crippen LogP contribution is 2.20. The summed E-state index contributed by atoms with van der Waals surface area (Å²) in [5.41, 5.74) is 0.971. The summed E-state index contributed by atoms with van der Waals surface area (Å²) in [4.78, 5) is 14.0. The molecule has 1 amide bonds. The Bertz CT molecular complexity index is 403. The van der Waals surface area contributed by atoms with E-state index in [2.05, 4.69) is 22.3 Å². The molecule has 1 aliphatic heterocycles. The normalized spacial score (nSPS) is 20.9. The number of hydrogen-bond acceptors (Lipinski definition) is 4. The number of rotatable bonds is 4. The van der Waals surface area contributed by atoms with Crippen molar-refractivity contribution in [2.24, 2.45) is 0 Å². The molecule has 2 rings (SSSR count). The van der Waals surface area contributed by atoms with Gasteiger partial charge in [0.2, 0.25) is 5.91 Å². The van der Waals surface area contributed by atoms with Crippen molar-refractivity contribution in [3.05, 3.63) is 17.5 Å². The van der Waals surface area contributed by atoms with Crippen molar-refractivity contribution < 1.29 is 9.32 Å². The molecule has 0 radical (unpaired) electrons. The first-order valence-corrected chi connectivity index (χ1v) is 6.64. The highest BCUT2D eigenvalue weighted by Gasteiger charge is 2.28. The zero-order valence-electron chi connectivity index (χ0n) is 11.1. The van der Waals surface area contributed by atoms with Gasteiger partial charge in [-0.3, -0.25) is 9.69 Å². The van der Waals surface area contributed by atoms with Gasteiger partial charge in [-0.2, -0.15) is 0 Å². The number of nitrogens with one attached hydrogen (secondary N) is 1. The predicted molar refractivity (Wildman–Crippen MR) is 68.0 cm³/mol. The number of likely N-dealkylation sites (N-methyl/N-ethyl adjacent to an activating group) is 1. The molecule has 0 bridgehead atoms. The van der Waals surface area contributed by atoms with Gasteiger partial charge in [-0.05, 0) is 25.8 Å². The topological polar surface area (TPSA) is 58.4 Å². The number of carbonyl (C=O) groups is 1. The lowest BCUT2D eigenvalue weighted by Crippen LogP contribution is -2.48. The van der Waals surface area contributed by atoms with Crippen LogP contribution in [0.1, 0.15) is 37.6 Å². The quantitative estimate of drug-likeness (QED) is 0.877. The molecule has 1 saturated heterocycles. The minimum absolute atomic E-state index is 0.0288. The van der Waals surface area contributed by atoms with E-state index in [1.807, 2.05) is 6.07 Å². The summed E-state index contributed by atoms with van der Waals surface area (Å²) in [6.07, 6.45) is 4.06. The molecule has 0 aliphatic carbocycles. The van der Waals surface area contributed by atoms with Gasteiger partial charge in [0.05, 0.1) is 18.3 Å². The molecule has 1 unspecified atom stereocenters. The second-order valence-electron chi connectivity index (χ2n) is 4.73. The number of likely N-dealkylation sites (tertiary alicyclic amines) is 1. The lowest BCUT2D eigenvalue weighted by atomic mass is 10.0. The van der Waals surface area contributed by atoms with Crippen molar-refractivity contribution in [2.75, 3.05) is 13.6 Å². The third-order valence-electron chi connectivity index (χ3n) is 3.49. The number of nitrogens with zero attached hydrogens (tertiary/aromatic N) is 2. The van der Waals surface area contributed by atoms with Gasteiger partial charge < -0.3 is 9.84 Å². The van der Waals surface area contributed by atoms with E-state index in [9.17, 15) is 4.79 Å². The van der Waals surface area contributed by atoms with Gasteiger partial charge in [0, 0.05) is 13.1 Å². The van der Waals surface area contributed by atoms with Crippen LogP contribution in [0.25, 0.3) is 0 Å². The van der Waals surface area contributed by atoms with E-state index in [-0.39, 0.29) is 11.9 Å². The number of carbonyl (C=O) groups excluding carboxylic acids is 1. The molecule has 1 aliphatic rings. The summed E-state index contributed by atoms with van der Waals surface area (Å²) in [5, 5.41) is 6.73. The van der Waals surface area contributed by atoms with Crippen LogP contribution in [-0.2, 0) is 17.8 Å². The maximum atomic E-state index is 11.8. The molecule has 1 N–H and O–H groups in total. The van der Waals surface area contributed by atoms with Gasteiger partial charge in [0.1, 0.15) is 0 Å². The fourth-order valence-electron chi connectivity index (χ4n) is 2.44. The van der Waals surface area contributed by atoms with Crippen LogP contribution in [0.5, 0.6) is 0 Å². The molecule has 0 spiro atoms. The van der Waals surface area contributed by atoms with Crippen LogP contribution in [0.3, 0.4) is 0 Å². The summed E-state index contributed by atoms with van der Waals surface area (Å²) >= 11 is 0. The van der Waals surface area contributed by atoms with E-state index in [0.717, 1.165) is 43.7 Å². The van der Waals surface area contributed by atoms with Crippen LogP contribution in [0.15, 0.2) is 10.6 Å². The molecule has 0 aromatic carbocycles. The Morgan fingerprint density at radius 2 is 2.44 bits per heavy atom. The van der Waals surface area contributed by atoms with Crippen LogP contribution in [-0.4, -0.2) is 35.6 Å². The van der Waals surface area contributed by atoms with Crippen molar-refractivity contribution in [2.45, 2.75) is 45.2 Å². The summed E-state index contributed by atoms with van der Waals surface area (Å²) in [7, 11) is 1.69.